The summed E-state index contributed by atoms with van der Waals surface area (Å²) in [6, 6.07) is 0. The maximum Gasteiger partial charge on any atom is 0.483 e. The van der Waals surface area contributed by atoms with Gasteiger partial charge in [-0.1, -0.05) is 0 Å². The number of aromatic amines is 1. The van der Waals surface area contributed by atoms with Gasteiger partial charge in [0, 0.05) is 30.0 Å². The van der Waals surface area contributed by atoms with E-state index in [0.29, 0.717) is 0 Å². The minimum absolute atomic E-state index is 0.157. The molecule has 18 nitrogen and oxygen atoms in total. The SMILES string of the molecule is Cc1cn([C@H]2C[C@H](O)[C@@H](COP(=O)(O)OP(=O)(O)O[C@@H]3C[C@](C)([N+](=O)[O-])[C@@H](O)[C@H](C)O3)O2)c(=O)[nH]c1=O. The molecule has 5 N–H and O–H groups in total. The van der Waals surface area contributed by atoms with Gasteiger partial charge in [-0.25, -0.2) is 13.9 Å². The van der Waals surface area contributed by atoms with Crippen molar-refractivity contribution >= 4 is 15.6 Å². The topological polar surface area (TPSA) is 259 Å². The molecular weight excluding hydrogens is 548 g/mol. The van der Waals surface area contributed by atoms with Crippen LogP contribution in [0.2, 0.25) is 0 Å². The largest absolute Gasteiger partial charge is 0.483 e. The van der Waals surface area contributed by atoms with E-state index in [9.17, 15) is 48.8 Å². The molecule has 2 aliphatic heterocycles. The Hall–Kier alpha value is -1.82. The smallest absolute Gasteiger partial charge is 0.390 e. The van der Waals surface area contributed by atoms with Crippen LogP contribution in [0.15, 0.2) is 15.8 Å². The molecule has 0 radical (unpaired) electrons. The summed E-state index contributed by atoms with van der Waals surface area (Å²) in [7, 11) is -10.8. The molecule has 9 atom stereocenters. The third-order valence-electron chi connectivity index (χ3n) is 5.96. The van der Waals surface area contributed by atoms with Gasteiger partial charge in [0.15, 0.2) is 6.29 Å². The maximum absolute atomic E-state index is 12.3. The first-order valence-corrected chi connectivity index (χ1v) is 13.8. The maximum atomic E-state index is 12.3. The molecule has 1 aromatic rings. The van der Waals surface area contributed by atoms with Crippen molar-refractivity contribution in [1.82, 2.24) is 9.55 Å². The minimum atomic E-state index is -5.42. The molecule has 0 bridgehead atoms. The van der Waals surface area contributed by atoms with Crippen molar-refractivity contribution in [2.24, 2.45) is 0 Å². The number of hydrogen-bond donors (Lipinski definition) is 5. The van der Waals surface area contributed by atoms with E-state index in [4.69, 9.17) is 9.47 Å². The molecule has 3 heterocycles. The van der Waals surface area contributed by atoms with Crippen LogP contribution in [0.5, 0.6) is 0 Å². The number of hydrogen-bond acceptors (Lipinski definition) is 13. The van der Waals surface area contributed by atoms with E-state index in [2.05, 4.69) is 18.3 Å². The quantitative estimate of drug-likeness (QED) is 0.138. The number of aliphatic hydroxyl groups excluding tert-OH is 2. The highest BCUT2D eigenvalue weighted by Gasteiger charge is 2.56. The van der Waals surface area contributed by atoms with Crippen LogP contribution in [-0.4, -0.2) is 77.3 Å². The monoisotopic (exact) mass is 575 g/mol. The Labute approximate surface area is 208 Å². The number of nitrogens with one attached hydrogen (secondary N) is 1. The minimum Gasteiger partial charge on any atom is -0.390 e. The molecular formula is C17H27N3O15P2. The number of nitro groups is 1. The Kier molecular flexibility index (Phi) is 8.63. The zero-order chi connectivity index (χ0) is 27.9. The summed E-state index contributed by atoms with van der Waals surface area (Å²) < 4.78 is 49.7. The molecule has 20 heteroatoms. The lowest BCUT2D eigenvalue weighted by Gasteiger charge is -2.39. The Morgan fingerprint density at radius 3 is 2.54 bits per heavy atom. The van der Waals surface area contributed by atoms with Gasteiger partial charge < -0.3 is 29.5 Å². The number of H-pyrrole nitrogens is 1. The van der Waals surface area contributed by atoms with Crippen molar-refractivity contribution in [2.75, 3.05) is 6.61 Å². The number of rotatable bonds is 9. The molecule has 2 aliphatic rings. The fourth-order valence-electron chi connectivity index (χ4n) is 3.90. The van der Waals surface area contributed by atoms with Crippen LogP contribution in [-0.2, 0) is 32.0 Å². The summed E-state index contributed by atoms with van der Waals surface area (Å²) in [4.78, 5) is 56.0. The zero-order valence-electron chi connectivity index (χ0n) is 19.7. The molecule has 2 fully saturated rings. The van der Waals surface area contributed by atoms with Gasteiger partial charge in [0.25, 0.3) is 11.1 Å². The lowest BCUT2D eigenvalue weighted by Crippen LogP contribution is -2.59. The Morgan fingerprint density at radius 2 is 1.92 bits per heavy atom. The van der Waals surface area contributed by atoms with Gasteiger partial charge in [0.2, 0.25) is 0 Å². The van der Waals surface area contributed by atoms with E-state index in [-0.39, 0.29) is 12.0 Å². The number of aromatic nitrogens is 2. The van der Waals surface area contributed by atoms with E-state index < -0.39 is 87.3 Å². The molecule has 0 aliphatic carbocycles. The van der Waals surface area contributed by atoms with Gasteiger partial charge in [-0.05, 0) is 13.8 Å². The number of ether oxygens (including phenoxy) is 2. The van der Waals surface area contributed by atoms with Crippen molar-refractivity contribution in [2.45, 2.75) is 76.1 Å². The molecule has 0 aromatic carbocycles. The van der Waals surface area contributed by atoms with Gasteiger partial charge in [0.1, 0.15) is 18.4 Å². The van der Waals surface area contributed by atoms with Crippen LogP contribution >= 0.6 is 15.6 Å². The van der Waals surface area contributed by atoms with Crippen molar-refractivity contribution in [1.29, 1.82) is 0 Å². The molecule has 0 spiro atoms. The molecule has 3 rings (SSSR count). The van der Waals surface area contributed by atoms with Gasteiger partial charge in [-0.2, -0.15) is 4.31 Å². The van der Waals surface area contributed by atoms with Crippen molar-refractivity contribution in [3.8, 4) is 0 Å². The number of nitrogens with zero attached hydrogens (tertiary/aromatic N) is 2. The summed E-state index contributed by atoms with van der Waals surface area (Å²) in [5, 5.41) is 31.6. The molecule has 2 saturated heterocycles. The summed E-state index contributed by atoms with van der Waals surface area (Å²) in [6.45, 7) is 2.94. The third kappa shape index (κ3) is 6.79. The molecule has 0 amide bonds. The molecule has 2 unspecified atom stereocenters. The third-order valence-corrected chi connectivity index (χ3v) is 8.59. The predicted molar refractivity (Wildman–Crippen MR) is 119 cm³/mol. The van der Waals surface area contributed by atoms with Crippen LogP contribution in [0.1, 0.15) is 38.5 Å². The van der Waals surface area contributed by atoms with Crippen molar-refractivity contribution < 1.29 is 56.9 Å². The van der Waals surface area contributed by atoms with Gasteiger partial charge in [0.05, 0.1) is 25.2 Å². The van der Waals surface area contributed by atoms with Gasteiger partial charge in [-0.3, -0.25) is 33.5 Å². The Bertz CT molecular complexity index is 1240. The number of aryl methyl sites for hydroxylation is 1. The molecule has 210 valence electrons. The summed E-state index contributed by atoms with van der Waals surface area (Å²) in [6.07, 6.45) is -7.82. The number of phosphoric ester groups is 2. The summed E-state index contributed by atoms with van der Waals surface area (Å²) in [5.41, 5.74) is -3.25. The fraction of sp³-hybridized carbons (Fsp3) is 0.765. The van der Waals surface area contributed by atoms with E-state index in [1.54, 1.807) is 0 Å². The highest BCUT2D eigenvalue weighted by molar-refractivity contribution is 7.61. The highest BCUT2D eigenvalue weighted by Crippen LogP contribution is 2.61. The molecule has 0 saturated carbocycles. The van der Waals surface area contributed by atoms with E-state index in [0.717, 1.165) is 11.5 Å². The van der Waals surface area contributed by atoms with Crippen molar-refractivity contribution in [3.63, 3.8) is 0 Å². The van der Waals surface area contributed by atoms with Crippen LogP contribution in [0, 0.1) is 17.0 Å². The normalized spacial score (nSPS) is 35.5. The van der Waals surface area contributed by atoms with Crippen LogP contribution in [0.3, 0.4) is 0 Å². The van der Waals surface area contributed by atoms with E-state index in [1.807, 2.05) is 0 Å². The van der Waals surface area contributed by atoms with Crippen LogP contribution in [0.25, 0.3) is 0 Å². The first kappa shape index (κ1) is 29.7. The first-order chi connectivity index (χ1) is 16.9. The first-order valence-electron chi connectivity index (χ1n) is 10.8. The standard InChI is InChI=1S/C17H27N3O15P2/c1-8-6-19(16(24)18-15(8)23)12-4-10(21)11(33-12)7-31-36(27,28)35-37(29,30)34-13-5-17(3,20(25)26)14(22)9(2)32-13/h6,9-14,21-22H,4-5,7H2,1-3H3,(H,27,28)(H,29,30)(H,18,23,24)/t9-,10-,11+,12+,13+,14-,17-/m0/s1. The van der Waals surface area contributed by atoms with Crippen LogP contribution < -0.4 is 11.2 Å². The zero-order valence-corrected chi connectivity index (χ0v) is 21.5. The highest BCUT2D eigenvalue weighted by atomic mass is 31.3. The summed E-state index contributed by atoms with van der Waals surface area (Å²) >= 11 is 0. The van der Waals surface area contributed by atoms with Gasteiger partial charge in [-0.15, -0.1) is 0 Å². The van der Waals surface area contributed by atoms with Gasteiger partial charge >= 0.3 is 21.3 Å². The fourth-order valence-corrected chi connectivity index (χ4v) is 6.04. The van der Waals surface area contributed by atoms with Crippen molar-refractivity contribution in [3.05, 3.63) is 42.7 Å². The second-order valence-electron chi connectivity index (χ2n) is 8.86. The average molecular weight is 575 g/mol. The lowest BCUT2D eigenvalue weighted by atomic mass is 9.86. The second kappa shape index (κ2) is 10.7. The number of phosphoric acid groups is 2. The Morgan fingerprint density at radius 1 is 1.27 bits per heavy atom. The number of aliphatic hydroxyl groups is 2. The van der Waals surface area contributed by atoms with Crippen LogP contribution in [0.4, 0.5) is 0 Å². The molecule has 37 heavy (non-hydrogen) atoms. The van der Waals surface area contributed by atoms with E-state index in [1.165, 1.54) is 20.0 Å². The summed E-state index contributed by atoms with van der Waals surface area (Å²) in [5.74, 6) is 0. The average Bonchev–Trinajstić information content (AvgIpc) is 3.12. The predicted octanol–water partition coefficient (Wildman–Crippen LogP) is -0.725. The Balaban J connectivity index is 1.60. The molecule has 1 aromatic heterocycles. The lowest BCUT2D eigenvalue weighted by molar-refractivity contribution is -0.593. The van der Waals surface area contributed by atoms with E-state index >= 15 is 0 Å². The second-order valence-corrected chi connectivity index (χ2v) is 11.9.